The van der Waals surface area contributed by atoms with Gasteiger partial charge in [0.15, 0.2) is 0 Å². The molecule has 0 aromatic heterocycles. The number of rotatable bonds is 8. The Balaban J connectivity index is 2.15. The minimum absolute atomic E-state index is 0.303. The molecule has 1 amide bonds. The molecular formula is C21H41NO. The van der Waals surface area contributed by atoms with Gasteiger partial charge in [0, 0.05) is 12.5 Å². The second kappa shape index (κ2) is 15.0. The lowest BCUT2D eigenvalue weighted by molar-refractivity contribution is -0.122. The minimum Gasteiger partial charge on any atom is -0.353 e. The smallest absolute Gasteiger partial charge is 0.220 e. The summed E-state index contributed by atoms with van der Waals surface area (Å²) >= 11 is 0. The molecular weight excluding hydrogens is 282 g/mol. The molecule has 1 aliphatic carbocycles. The van der Waals surface area contributed by atoms with Crippen LogP contribution < -0.4 is 5.32 Å². The standard InChI is InChI=1S/C21H41NO/c1-2-3-4-5-13-16-19-21(23)22-20-17-14-11-9-7-6-8-10-12-15-18-20/h20H,2-19H2,1H3,(H,22,23). The number of unbranched alkanes of at least 4 members (excludes halogenated alkanes) is 5. The van der Waals surface area contributed by atoms with Crippen molar-refractivity contribution in [3.05, 3.63) is 0 Å². The van der Waals surface area contributed by atoms with E-state index in [1.807, 2.05) is 0 Å². The average molecular weight is 324 g/mol. The highest BCUT2D eigenvalue weighted by molar-refractivity contribution is 5.76. The Morgan fingerprint density at radius 2 is 1.22 bits per heavy atom. The van der Waals surface area contributed by atoms with Crippen LogP contribution in [0.1, 0.15) is 122 Å². The Morgan fingerprint density at radius 3 is 1.78 bits per heavy atom. The van der Waals surface area contributed by atoms with Crippen LogP contribution in [0.5, 0.6) is 0 Å². The quantitative estimate of drug-likeness (QED) is 0.506. The Labute approximate surface area is 145 Å². The number of amides is 1. The highest BCUT2D eigenvalue weighted by Crippen LogP contribution is 2.17. The predicted molar refractivity (Wildman–Crippen MR) is 101 cm³/mol. The zero-order valence-corrected chi connectivity index (χ0v) is 15.7. The van der Waals surface area contributed by atoms with Crippen molar-refractivity contribution in [1.82, 2.24) is 5.32 Å². The molecule has 1 aliphatic rings. The van der Waals surface area contributed by atoms with Crippen LogP contribution in [-0.2, 0) is 4.79 Å². The van der Waals surface area contributed by atoms with Gasteiger partial charge in [-0.3, -0.25) is 4.79 Å². The molecule has 23 heavy (non-hydrogen) atoms. The fourth-order valence-electron chi connectivity index (χ4n) is 3.67. The summed E-state index contributed by atoms with van der Waals surface area (Å²) in [4.78, 5) is 12.2. The molecule has 0 spiro atoms. The van der Waals surface area contributed by atoms with Crippen molar-refractivity contribution in [2.45, 2.75) is 129 Å². The number of hydrogen-bond donors (Lipinski definition) is 1. The largest absolute Gasteiger partial charge is 0.353 e. The van der Waals surface area contributed by atoms with Crippen molar-refractivity contribution >= 4 is 5.91 Å². The molecule has 0 radical (unpaired) electrons. The molecule has 0 bridgehead atoms. The fraction of sp³-hybridized carbons (Fsp3) is 0.952. The molecule has 1 N–H and O–H groups in total. The fourth-order valence-corrected chi connectivity index (χ4v) is 3.67. The van der Waals surface area contributed by atoms with Crippen LogP contribution in [0.15, 0.2) is 0 Å². The van der Waals surface area contributed by atoms with Crippen LogP contribution in [-0.4, -0.2) is 11.9 Å². The van der Waals surface area contributed by atoms with E-state index in [2.05, 4.69) is 12.2 Å². The van der Waals surface area contributed by atoms with Gasteiger partial charge in [0.25, 0.3) is 0 Å². The molecule has 0 aliphatic heterocycles. The third-order valence-electron chi connectivity index (χ3n) is 5.23. The topological polar surface area (TPSA) is 29.1 Å². The SMILES string of the molecule is CCCCCCCCC(=O)NC1CCCCCCCCCCC1. The number of carbonyl (C=O) groups excluding carboxylic acids is 1. The van der Waals surface area contributed by atoms with Gasteiger partial charge in [0.1, 0.15) is 0 Å². The lowest BCUT2D eigenvalue weighted by atomic mass is 9.98. The van der Waals surface area contributed by atoms with Crippen LogP contribution in [0.2, 0.25) is 0 Å². The Kier molecular flexibility index (Phi) is 13.4. The zero-order chi connectivity index (χ0) is 16.6. The van der Waals surface area contributed by atoms with Crippen molar-refractivity contribution in [3.63, 3.8) is 0 Å². The van der Waals surface area contributed by atoms with Gasteiger partial charge in [0.05, 0.1) is 0 Å². The summed E-state index contributed by atoms with van der Waals surface area (Å²) in [6.45, 7) is 2.25. The molecule has 2 heteroatoms. The molecule has 1 fully saturated rings. The molecule has 0 aromatic rings. The van der Waals surface area contributed by atoms with Crippen molar-refractivity contribution < 1.29 is 4.79 Å². The summed E-state index contributed by atoms with van der Waals surface area (Å²) in [7, 11) is 0. The average Bonchev–Trinajstić information content (AvgIpc) is 2.53. The van der Waals surface area contributed by atoms with E-state index in [1.54, 1.807) is 0 Å². The minimum atomic E-state index is 0.303. The summed E-state index contributed by atoms with van der Waals surface area (Å²) in [6.07, 6.45) is 23.0. The first-order valence-electron chi connectivity index (χ1n) is 10.6. The molecule has 0 saturated heterocycles. The number of hydrogen-bond acceptors (Lipinski definition) is 1. The molecule has 2 nitrogen and oxygen atoms in total. The van der Waals surface area contributed by atoms with E-state index < -0.39 is 0 Å². The molecule has 0 heterocycles. The molecule has 1 rings (SSSR count). The molecule has 0 unspecified atom stereocenters. The van der Waals surface area contributed by atoms with E-state index in [0.29, 0.717) is 11.9 Å². The van der Waals surface area contributed by atoms with Gasteiger partial charge < -0.3 is 5.32 Å². The van der Waals surface area contributed by atoms with Crippen LogP contribution in [0.25, 0.3) is 0 Å². The monoisotopic (exact) mass is 323 g/mol. The van der Waals surface area contributed by atoms with Gasteiger partial charge in [-0.1, -0.05) is 96.8 Å². The van der Waals surface area contributed by atoms with E-state index in [1.165, 1.54) is 103 Å². The van der Waals surface area contributed by atoms with Gasteiger partial charge in [-0.2, -0.15) is 0 Å². The second-order valence-corrected chi connectivity index (χ2v) is 7.54. The van der Waals surface area contributed by atoms with Crippen molar-refractivity contribution in [2.24, 2.45) is 0 Å². The molecule has 0 aromatic carbocycles. The number of nitrogens with one attached hydrogen (secondary N) is 1. The summed E-state index contributed by atoms with van der Waals surface area (Å²) in [5, 5.41) is 3.33. The van der Waals surface area contributed by atoms with Crippen molar-refractivity contribution in [3.8, 4) is 0 Å². The zero-order valence-electron chi connectivity index (χ0n) is 15.7. The summed E-state index contributed by atoms with van der Waals surface area (Å²) in [5.41, 5.74) is 0. The van der Waals surface area contributed by atoms with Gasteiger partial charge >= 0.3 is 0 Å². The van der Waals surface area contributed by atoms with Crippen LogP contribution in [0.3, 0.4) is 0 Å². The normalized spacial score (nSPS) is 18.8. The van der Waals surface area contributed by atoms with E-state index in [-0.39, 0.29) is 0 Å². The highest BCUT2D eigenvalue weighted by Gasteiger charge is 2.12. The molecule has 136 valence electrons. The maximum absolute atomic E-state index is 12.2. The maximum Gasteiger partial charge on any atom is 0.220 e. The first-order valence-corrected chi connectivity index (χ1v) is 10.6. The predicted octanol–water partition coefficient (Wildman–Crippen LogP) is 6.53. The third kappa shape index (κ3) is 12.5. The third-order valence-corrected chi connectivity index (χ3v) is 5.23. The van der Waals surface area contributed by atoms with Crippen LogP contribution >= 0.6 is 0 Å². The Morgan fingerprint density at radius 1 is 0.739 bits per heavy atom. The second-order valence-electron chi connectivity index (χ2n) is 7.54. The van der Waals surface area contributed by atoms with E-state index >= 15 is 0 Å². The van der Waals surface area contributed by atoms with Gasteiger partial charge in [-0.25, -0.2) is 0 Å². The van der Waals surface area contributed by atoms with E-state index in [9.17, 15) is 4.79 Å². The lowest BCUT2D eigenvalue weighted by Gasteiger charge is -2.19. The molecule has 0 atom stereocenters. The van der Waals surface area contributed by atoms with Crippen molar-refractivity contribution in [1.29, 1.82) is 0 Å². The molecule has 1 saturated carbocycles. The van der Waals surface area contributed by atoms with Gasteiger partial charge in [0.2, 0.25) is 5.91 Å². The number of carbonyl (C=O) groups is 1. The summed E-state index contributed by atoms with van der Waals surface area (Å²) in [5.74, 6) is 0.303. The van der Waals surface area contributed by atoms with Gasteiger partial charge in [-0.15, -0.1) is 0 Å². The first-order chi connectivity index (χ1) is 11.3. The van der Waals surface area contributed by atoms with E-state index in [4.69, 9.17) is 0 Å². The van der Waals surface area contributed by atoms with Crippen LogP contribution in [0.4, 0.5) is 0 Å². The lowest BCUT2D eigenvalue weighted by Crippen LogP contribution is -2.34. The summed E-state index contributed by atoms with van der Waals surface area (Å²) in [6, 6.07) is 0.446. The highest BCUT2D eigenvalue weighted by atomic mass is 16.1. The summed E-state index contributed by atoms with van der Waals surface area (Å²) < 4.78 is 0. The Bertz CT molecular complexity index is 265. The van der Waals surface area contributed by atoms with E-state index in [0.717, 1.165) is 12.8 Å². The van der Waals surface area contributed by atoms with Gasteiger partial charge in [-0.05, 0) is 19.3 Å². The van der Waals surface area contributed by atoms with Crippen molar-refractivity contribution in [2.75, 3.05) is 0 Å². The van der Waals surface area contributed by atoms with Crippen LogP contribution in [0, 0.1) is 0 Å². The Hall–Kier alpha value is -0.530. The first kappa shape index (κ1) is 20.5. The maximum atomic E-state index is 12.2.